The lowest BCUT2D eigenvalue weighted by Gasteiger charge is -2.17. The van der Waals surface area contributed by atoms with Crippen molar-refractivity contribution in [3.8, 4) is 5.88 Å². The van der Waals surface area contributed by atoms with Crippen LogP contribution in [0.1, 0.15) is 26.5 Å². The van der Waals surface area contributed by atoms with Crippen molar-refractivity contribution >= 4 is 28.9 Å². The summed E-state index contributed by atoms with van der Waals surface area (Å²) in [6.07, 6.45) is 0.546. The minimum Gasteiger partial charge on any atom is -0.480 e. The largest absolute Gasteiger partial charge is 0.480 e. The minimum absolute atomic E-state index is 0.0105. The van der Waals surface area contributed by atoms with Crippen LogP contribution in [-0.2, 0) is 23.8 Å². The van der Waals surface area contributed by atoms with Gasteiger partial charge in [0.2, 0.25) is 11.8 Å². The number of ether oxygens (including phenoxy) is 4. The molecule has 1 aliphatic heterocycles. The second-order valence-electron chi connectivity index (χ2n) is 5.87. The number of methoxy groups -OCH3 is 1. The van der Waals surface area contributed by atoms with Gasteiger partial charge in [-0.25, -0.2) is 0 Å². The number of carbonyl (C=O) groups is 2. The lowest BCUT2D eigenvalue weighted by Crippen LogP contribution is -2.31. The summed E-state index contributed by atoms with van der Waals surface area (Å²) in [5, 5.41) is 0.678. The number of nitrogens with zero attached hydrogens (tertiary/aromatic N) is 3. The average molecular weight is 364 g/mol. The molecule has 10 nitrogen and oxygen atoms in total. The summed E-state index contributed by atoms with van der Waals surface area (Å²) in [4.78, 5) is 30.7. The Morgan fingerprint density at radius 2 is 2.12 bits per heavy atom. The third-order valence-corrected chi connectivity index (χ3v) is 4.01. The van der Waals surface area contributed by atoms with Crippen LogP contribution in [0.15, 0.2) is 12.3 Å². The topological polar surface area (TPSA) is 128 Å². The molecular formula is C16H20N4O6. The van der Waals surface area contributed by atoms with Crippen molar-refractivity contribution in [1.82, 2.24) is 14.5 Å². The molecule has 3 rings (SSSR count). The molecular weight excluding hydrogens is 344 g/mol. The van der Waals surface area contributed by atoms with E-state index in [9.17, 15) is 9.59 Å². The Bertz CT molecular complexity index is 835. The highest BCUT2D eigenvalue weighted by atomic mass is 16.6. The van der Waals surface area contributed by atoms with Crippen LogP contribution in [0, 0.1) is 0 Å². The Kier molecular flexibility index (Phi) is 4.94. The quantitative estimate of drug-likeness (QED) is 0.766. The molecule has 1 saturated heterocycles. The van der Waals surface area contributed by atoms with Gasteiger partial charge < -0.3 is 29.2 Å². The molecule has 10 heteroatoms. The molecule has 2 aromatic rings. The zero-order valence-electron chi connectivity index (χ0n) is 14.7. The van der Waals surface area contributed by atoms with E-state index in [1.807, 2.05) is 0 Å². The van der Waals surface area contributed by atoms with Gasteiger partial charge in [-0.3, -0.25) is 9.59 Å². The van der Waals surface area contributed by atoms with Crippen LogP contribution in [0.2, 0.25) is 0 Å². The molecule has 0 aliphatic carbocycles. The number of hydrogen-bond acceptors (Lipinski definition) is 9. The number of fused-ring (bicyclic) bond motifs is 1. The second-order valence-corrected chi connectivity index (χ2v) is 5.87. The van der Waals surface area contributed by atoms with E-state index < -0.39 is 30.4 Å². The van der Waals surface area contributed by atoms with E-state index in [0.29, 0.717) is 23.3 Å². The van der Waals surface area contributed by atoms with Crippen molar-refractivity contribution in [3.05, 3.63) is 12.3 Å². The fraction of sp³-hybridized carbons (Fsp3) is 0.500. The van der Waals surface area contributed by atoms with E-state index >= 15 is 0 Å². The van der Waals surface area contributed by atoms with E-state index in [2.05, 4.69) is 9.97 Å². The van der Waals surface area contributed by atoms with Crippen molar-refractivity contribution < 1.29 is 28.5 Å². The molecule has 1 aliphatic rings. The van der Waals surface area contributed by atoms with Gasteiger partial charge in [0.25, 0.3) is 0 Å². The van der Waals surface area contributed by atoms with E-state index in [0.717, 1.165) is 0 Å². The number of esters is 2. The molecule has 0 amide bonds. The first-order valence-electron chi connectivity index (χ1n) is 8.03. The van der Waals surface area contributed by atoms with Gasteiger partial charge in [-0.1, -0.05) is 0 Å². The second kappa shape index (κ2) is 7.16. The van der Waals surface area contributed by atoms with Crippen molar-refractivity contribution in [2.45, 2.75) is 38.7 Å². The normalized spacial score (nSPS) is 22.3. The summed E-state index contributed by atoms with van der Waals surface area (Å²) < 4.78 is 23.3. The minimum atomic E-state index is -0.577. The van der Waals surface area contributed by atoms with Crippen LogP contribution in [0.3, 0.4) is 0 Å². The Morgan fingerprint density at radius 3 is 2.77 bits per heavy atom. The van der Waals surface area contributed by atoms with Crippen molar-refractivity contribution in [1.29, 1.82) is 0 Å². The number of carbonyl (C=O) groups excluding carboxylic acids is 2. The van der Waals surface area contributed by atoms with Crippen molar-refractivity contribution in [3.63, 3.8) is 0 Å². The van der Waals surface area contributed by atoms with Crippen molar-refractivity contribution in [2.75, 3.05) is 19.5 Å². The standard InChI is InChI=1S/C16H20N4O6/c1-8(21)24-7-12-11(25-9(2)22)6-13(26-12)20-5-4-10-14(20)18-16(17)19-15(10)23-3/h4-5,11-13H,6-7H2,1-3H3,(H2,17,18,19)/t11-,12+,13-/m0/s1. The monoisotopic (exact) mass is 364 g/mol. The lowest BCUT2D eigenvalue weighted by molar-refractivity contribution is -0.155. The van der Waals surface area contributed by atoms with Gasteiger partial charge in [-0.15, -0.1) is 0 Å². The smallest absolute Gasteiger partial charge is 0.303 e. The first kappa shape index (κ1) is 17.9. The van der Waals surface area contributed by atoms with Gasteiger partial charge in [-0.05, 0) is 6.07 Å². The molecule has 0 spiro atoms. The summed E-state index contributed by atoms with van der Waals surface area (Å²) in [5.41, 5.74) is 6.28. The zero-order valence-corrected chi connectivity index (χ0v) is 14.7. The first-order chi connectivity index (χ1) is 12.4. The third kappa shape index (κ3) is 3.54. The van der Waals surface area contributed by atoms with Gasteiger partial charge in [0.1, 0.15) is 25.0 Å². The number of nitrogen functional groups attached to an aromatic ring is 1. The summed E-state index contributed by atoms with van der Waals surface area (Å²) in [6, 6.07) is 1.79. The predicted molar refractivity (Wildman–Crippen MR) is 89.2 cm³/mol. The number of rotatable bonds is 5. The summed E-state index contributed by atoms with van der Waals surface area (Å²) in [7, 11) is 1.50. The molecule has 26 heavy (non-hydrogen) atoms. The molecule has 2 N–H and O–H groups in total. The molecule has 3 heterocycles. The molecule has 1 fully saturated rings. The van der Waals surface area contributed by atoms with E-state index in [1.165, 1.54) is 21.0 Å². The Labute approximate surface area is 149 Å². The van der Waals surface area contributed by atoms with Crippen molar-refractivity contribution in [2.24, 2.45) is 0 Å². The fourth-order valence-electron chi connectivity index (χ4n) is 2.97. The Balaban J connectivity index is 1.89. The third-order valence-electron chi connectivity index (χ3n) is 4.01. The van der Waals surface area contributed by atoms with E-state index in [1.54, 1.807) is 16.8 Å². The highest BCUT2D eigenvalue weighted by molar-refractivity contribution is 5.82. The maximum absolute atomic E-state index is 11.4. The number of aromatic nitrogens is 3. The number of anilines is 1. The molecule has 0 radical (unpaired) electrons. The highest BCUT2D eigenvalue weighted by Gasteiger charge is 2.39. The van der Waals surface area contributed by atoms with Crippen LogP contribution in [0.25, 0.3) is 11.0 Å². The Morgan fingerprint density at radius 1 is 1.35 bits per heavy atom. The molecule has 0 bridgehead atoms. The van der Waals surface area contributed by atoms with Gasteiger partial charge in [0.05, 0.1) is 12.5 Å². The summed E-state index contributed by atoms with van der Waals surface area (Å²) in [5.74, 6) is -0.439. The summed E-state index contributed by atoms with van der Waals surface area (Å²) >= 11 is 0. The van der Waals surface area contributed by atoms with Crippen LogP contribution in [0.4, 0.5) is 5.95 Å². The molecule has 0 unspecified atom stereocenters. The molecule has 3 atom stereocenters. The van der Waals surface area contributed by atoms with Gasteiger partial charge in [-0.2, -0.15) is 9.97 Å². The number of hydrogen-bond donors (Lipinski definition) is 1. The summed E-state index contributed by atoms with van der Waals surface area (Å²) in [6.45, 7) is 2.61. The fourth-order valence-corrected chi connectivity index (χ4v) is 2.97. The maximum Gasteiger partial charge on any atom is 0.303 e. The van der Waals surface area contributed by atoms with Gasteiger partial charge in [0.15, 0.2) is 5.65 Å². The van der Waals surface area contributed by atoms with Crippen LogP contribution in [-0.4, -0.2) is 52.4 Å². The van der Waals surface area contributed by atoms with Crippen LogP contribution in [0.5, 0.6) is 5.88 Å². The first-order valence-corrected chi connectivity index (χ1v) is 8.03. The van der Waals surface area contributed by atoms with Gasteiger partial charge in [0, 0.05) is 26.5 Å². The Hall–Kier alpha value is -2.88. The van der Waals surface area contributed by atoms with Crippen LogP contribution < -0.4 is 10.5 Å². The number of nitrogens with two attached hydrogens (primary N) is 1. The molecule has 0 aromatic carbocycles. The molecule has 140 valence electrons. The maximum atomic E-state index is 11.4. The van der Waals surface area contributed by atoms with E-state index in [4.69, 9.17) is 24.7 Å². The molecule has 0 saturated carbocycles. The zero-order chi connectivity index (χ0) is 18.8. The van der Waals surface area contributed by atoms with Crippen LogP contribution >= 0.6 is 0 Å². The average Bonchev–Trinajstić information content (AvgIpc) is 3.15. The SMILES string of the molecule is COc1nc(N)nc2c1ccn2[C@@H]1C[C@H](OC(C)=O)[C@@H](COC(C)=O)O1. The molecule has 2 aromatic heterocycles. The lowest BCUT2D eigenvalue weighted by atomic mass is 10.2. The highest BCUT2D eigenvalue weighted by Crippen LogP contribution is 2.35. The van der Waals surface area contributed by atoms with E-state index in [-0.39, 0.29) is 12.6 Å². The predicted octanol–water partition coefficient (Wildman–Crippen LogP) is 0.804. The van der Waals surface area contributed by atoms with Gasteiger partial charge >= 0.3 is 11.9 Å².